The molecule has 1 aromatic heterocycles. The van der Waals surface area contributed by atoms with E-state index < -0.39 is 5.97 Å². The maximum atomic E-state index is 12.8. The molecule has 2 aliphatic rings. The molecule has 2 fully saturated rings. The molecule has 0 spiro atoms. The predicted octanol–water partition coefficient (Wildman–Crippen LogP) is 4.26. The monoisotopic (exact) mass is 440 g/mol. The minimum atomic E-state index is -0.404. The van der Waals surface area contributed by atoms with Gasteiger partial charge in [-0.1, -0.05) is 20.8 Å². The SMILES string of the molecule is CC(C)(C)C1CCN(C(=O)Nc2ccc(C(=O)OC3CCCC3)c(-c3nn[nH]n3)c2)CC1. The number of ether oxygens (including phenoxy) is 1. The second-order valence-corrected chi connectivity index (χ2v) is 9.87. The summed E-state index contributed by atoms with van der Waals surface area (Å²) in [5.41, 5.74) is 1.67. The number of urea groups is 1. The summed E-state index contributed by atoms with van der Waals surface area (Å²) in [6, 6.07) is 4.94. The van der Waals surface area contributed by atoms with E-state index in [0.717, 1.165) is 51.6 Å². The Kier molecular flexibility index (Phi) is 6.43. The molecule has 4 rings (SSSR count). The number of tetrazole rings is 1. The molecule has 32 heavy (non-hydrogen) atoms. The van der Waals surface area contributed by atoms with Crippen LogP contribution in [0.5, 0.6) is 0 Å². The normalized spacial score (nSPS) is 18.0. The molecule has 1 saturated heterocycles. The molecule has 172 valence electrons. The Labute approximate surface area is 188 Å². The molecule has 1 saturated carbocycles. The molecule has 9 nitrogen and oxygen atoms in total. The molecule has 2 N–H and O–H groups in total. The lowest BCUT2D eigenvalue weighted by Gasteiger charge is -2.38. The minimum Gasteiger partial charge on any atom is -0.459 e. The van der Waals surface area contributed by atoms with Gasteiger partial charge in [-0.25, -0.2) is 9.59 Å². The first kappa shape index (κ1) is 22.2. The van der Waals surface area contributed by atoms with Crippen LogP contribution in [0.1, 0.15) is 69.7 Å². The van der Waals surface area contributed by atoms with Gasteiger partial charge in [0.05, 0.1) is 5.56 Å². The number of nitrogens with zero attached hydrogens (tertiary/aromatic N) is 4. The van der Waals surface area contributed by atoms with Crippen LogP contribution in [0.2, 0.25) is 0 Å². The van der Waals surface area contributed by atoms with Gasteiger partial charge in [-0.2, -0.15) is 5.21 Å². The van der Waals surface area contributed by atoms with E-state index in [1.54, 1.807) is 18.2 Å². The van der Waals surface area contributed by atoms with E-state index in [1.165, 1.54) is 0 Å². The van der Waals surface area contributed by atoms with Gasteiger partial charge in [-0.3, -0.25) is 0 Å². The van der Waals surface area contributed by atoms with Gasteiger partial charge < -0.3 is 15.0 Å². The number of hydrogen-bond acceptors (Lipinski definition) is 6. The van der Waals surface area contributed by atoms with Crippen molar-refractivity contribution < 1.29 is 14.3 Å². The first-order valence-electron chi connectivity index (χ1n) is 11.5. The van der Waals surface area contributed by atoms with Crippen molar-refractivity contribution in [2.45, 2.75) is 65.4 Å². The number of hydrogen-bond donors (Lipinski definition) is 2. The average Bonchev–Trinajstić information content (AvgIpc) is 3.47. The van der Waals surface area contributed by atoms with E-state index in [2.05, 4.69) is 46.7 Å². The number of aromatic amines is 1. The number of carbonyl (C=O) groups is 2. The number of H-pyrrole nitrogens is 1. The van der Waals surface area contributed by atoms with Crippen molar-refractivity contribution in [1.82, 2.24) is 25.5 Å². The molecule has 1 aromatic carbocycles. The van der Waals surface area contributed by atoms with Crippen molar-refractivity contribution in [3.05, 3.63) is 23.8 Å². The van der Waals surface area contributed by atoms with Crippen LogP contribution in [0, 0.1) is 11.3 Å². The molecule has 0 unspecified atom stereocenters. The van der Waals surface area contributed by atoms with E-state index in [1.807, 2.05) is 4.90 Å². The van der Waals surface area contributed by atoms with Crippen molar-refractivity contribution >= 4 is 17.7 Å². The number of aromatic nitrogens is 4. The fourth-order valence-electron chi connectivity index (χ4n) is 4.63. The molecule has 2 heterocycles. The van der Waals surface area contributed by atoms with Crippen molar-refractivity contribution in [2.24, 2.45) is 11.3 Å². The van der Waals surface area contributed by atoms with Crippen LogP contribution in [0.25, 0.3) is 11.4 Å². The number of nitrogens with one attached hydrogen (secondary N) is 2. The molecule has 9 heteroatoms. The summed E-state index contributed by atoms with van der Waals surface area (Å²) in [5.74, 6) is 0.492. The minimum absolute atomic E-state index is 0.0453. The fraction of sp³-hybridized carbons (Fsp3) is 0.609. The summed E-state index contributed by atoms with van der Waals surface area (Å²) < 4.78 is 5.67. The van der Waals surface area contributed by atoms with E-state index in [9.17, 15) is 9.59 Å². The molecule has 1 aliphatic heterocycles. The van der Waals surface area contributed by atoms with Crippen LogP contribution in [-0.4, -0.2) is 56.7 Å². The number of likely N-dealkylation sites (tertiary alicyclic amines) is 1. The number of anilines is 1. The first-order valence-corrected chi connectivity index (χ1v) is 11.5. The summed E-state index contributed by atoms with van der Waals surface area (Å²) in [6.07, 6.45) is 5.89. The molecule has 1 aliphatic carbocycles. The van der Waals surface area contributed by atoms with Gasteiger partial charge in [0.15, 0.2) is 0 Å². The van der Waals surface area contributed by atoms with Gasteiger partial charge >= 0.3 is 12.0 Å². The third kappa shape index (κ3) is 5.08. The van der Waals surface area contributed by atoms with E-state index in [0.29, 0.717) is 22.7 Å². The summed E-state index contributed by atoms with van der Waals surface area (Å²) in [5, 5.41) is 17.0. The quantitative estimate of drug-likeness (QED) is 0.687. The number of esters is 1. The first-order chi connectivity index (χ1) is 15.3. The van der Waals surface area contributed by atoms with Crippen LogP contribution in [0.4, 0.5) is 10.5 Å². The summed E-state index contributed by atoms with van der Waals surface area (Å²) in [6.45, 7) is 8.24. The fourth-order valence-corrected chi connectivity index (χ4v) is 4.63. The molecule has 0 radical (unpaired) electrons. The Morgan fingerprint density at radius 3 is 2.47 bits per heavy atom. The number of carbonyl (C=O) groups excluding carboxylic acids is 2. The molecule has 0 bridgehead atoms. The van der Waals surface area contributed by atoms with Gasteiger partial charge in [-0.05, 0) is 73.3 Å². The van der Waals surface area contributed by atoms with E-state index in [4.69, 9.17) is 4.74 Å². The predicted molar refractivity (Wildman–Crippen MR) is 120 cm³/mol. The molecule has 0 atom stereocenters. The standard InChI is InChI=1S/C23H32N6O3/c1-23(2,3)15-10-12-29(13-11-15)22(31)24-16-8-9-18(19(14-16)20-25-27-28-26-20)21(30)32-17-6-4-5-7-17/h8-9,14-15,17H,4-7,10-13H2,1-3H3,(H,24,31)(H,25,26,27,28). The van der Waals surface area contributed by atoms with Crippen molar-refractivity contribution in [3.63, 3.8) is 0 Å². The van der Waals surface area contributed by atoms with Gasteiger partial charge in [0.25, 0.3) is 0 Å². The highest BCUT2D eigenvalue weighted by molar-refractivity contribution is 5.98. The Morgan fingerprint density at radius 1 is 1.12 bits per heavy atom. The number of amides is 2. The smallest absolute Gasteiger partial charge is 0.339 e. The summed E-state index contributed by atoms with van der Waals surface area (Å²) in [7, 11) is 0. The second-order valence-electron chi connectivity index (χ2n) is 9.87. The third-order valence-electron chi connectivity index (χ3n) is 6.66. The Hall–Kier alpha value is -2.97. The molecular formula is C23H32N6O3. The number of benzene rings is 1. The van der Waals surface area contributed by atoms with Crippen LogP contribution in [0.3, 0.4) is 0 Å². The summed E-state index contributed by atoms with van der Waals surface area (Å²) >= 11 is 0. The third-order valence-corrected chi connectivity index (χ3v) is 6.66. The van der Waals surface area contributed by atoms with Crippen LogP contribution < -0.4 is 5.32 Å². The average molecular weight is 441 g/mol. The highest BCUT2D eigenvalue weighted by Crippen LogP contribution is 2.34. The topological polar surface area (TPSA) is 113 Å². The lowest BCUT2D eigenvalue weighted by Crippen LogP contribution is -2.43. The van der Waals surface area contributed by atoms with Crippen molar-refractivity contribution in [1.29, 1.82) is 0 Å². The summed E-state index contributed by atoms with van der Waals surface area (Å²) in [4.78, 5) is 27.5. The van der Waals surface area contributed by atoms with Gasteiger partial charge in [0.2, 0.25) is 5.82 Å². The van der Waals surface area contributed by atoms with Gasteiger partial charge in [0, 0.05) is 24.3 Å². The van der Waals surface area contributed by atoms with Crippen molar-refractivity contribution in [3.8, 4) is 11.4 Å². The Balaban J connectivity index is 1.47. The zero-order chi connectivity index (χ0) is 22.7. The zero-order valence-corrected chi connectivity index (χ0v) is 19.1. The Morgan fingerprint density at radius 2 is 1.84 bits per heavy atom. The Bertz CT molecular complexity index is 939. The van der Waals surface area contributed by atoms with E-state index >= 15 is 0 Å². The molecule has 2 amide bonds. The maximum absolute atomic E-state index is 12.8. The van der Waals surface area contributed by atoms with Crippen LogP contribution in [-0.2, 0) is 4.74 Å². The van der Waals surface area contributed by atoms with Crippen LogP contribution >= 0.6 is 0 Å². The highest BCUT2D eigenvalue weighted by atomic mass is 16.5. The molecule has 2 aromatic rings. The van der Waals surface area contributed by atoms with E-state index in [-0.39, 0.29) is 23.4 Å². The zero-order valence-electron chi connectivity index (χ0n) is 19.1. The number of piperidine rings is 1. The number of rotatable bonds is 4. The van der Waals surface area contributed by atoms with Crippen LogP contribution in [0.15, 0.2) is 18.2 Å². The maximum Gasteiger partial charge on any atom is 0.339 e. The lowest BCUT2D eigenvalue weighted by molar-refractivity contribution is 0.0318. The van der Waals surface area contributed by atoms with Crippen molar-refractivity contribution in [2.75, 3.05) is 18.4 Å². The second kappa shape index (κ2) is 9.26. The lowest BCUT2D eigenvalue weighted by atomic mass is 9.75. The largest absolute Gasteiger partial charge is 0.459 e. The highest BCUT2D eigenvalue weighted by Gasteiger charge is 2.30. The van der Waals surface area contributed by atoms with Gasteiger partial charge in [-0.15, -0.1) is 10.2 Å². The van der Waals surface area contributed by atoms with Gasteiger partial charge in [0.1, 0.15) is 6.10 Å². The molecular weight excluding hydrogens is 408 g/mol.